The summed E-state index contributed by atoms with van der Waals surface area (Å²) < 4.78 is 50.4. The normalized spacial score (nSPS) is 25.3. The third-order valence-corrected chi connectivity index (χ3v) is 5.27. The second kappa shape index (κ2) is 7.66. The van der Waals surface area contributed by atoms with Gasteiger partial charge in [0.2, 0.25) is 0 Å². The van der Waals surface area contributed by atoms with E-state index in [2.05, 4.69) is 15.3 Å². The Morgan fingerprint density at radius 2 is 1.90 bits per heavy atom. The fourth-order valence-corrected chi connectivity index (χ4v) is 3.79. The lowest BCUT2D eigenvalue weighted by Crippen LogP contribution is -2.33. The van der Waals surface area contributed by atoms with Crippen molar-refractivity contribution < 1.29 is 27.7 Å². The Hall–Kier alpha value is -3.04. The van der Waals surface area contributed by atoms with Crippen LogP contribution < -0.4 is 14.8 Å². The molecule has 0 bridgehead atoms. The van der Waals surface area contributed by atoms with Gasteiger partial charge in [-0.1, -0.05) is 12.1 Å². The van der Waals surface area contributed by atoms with Crippen LogP contribution >= 0.6 is 0 Å². The van der Waals surface area contributed by atoms with Crippen LogP contribution in [0.25, 0.3) is 10.9 Å². The van der Waals surface area contributed by atoms with Gasteiger partial charge < -0.3 is 24.3 Å². The molecule has 3 aromatic rings. The molecular formula is C21H19F2N3O4. The van der Waals surface area contributed by atoms with Gasteiger partial charge in [-0.05, 0) is 18.2 Å². The minimum Gasteiger partial charge on any atom is -0.493 e. The molecule has 4 atom stereocenters. The quantitative estimate of drug-likeness (QED) is 0.685. The van der Waals surface area contributed by atoms with Crippen molar-refractivity contribution in [1.82, 2.24) is 9.97 Å². The van der Waals surface area contributed by atoms with Crippen molar-refractivity contribution in [3.8, 4) is 11.5 Å². The fourth-order valence-electron chi connectivity index (χ4n) is 3.79. The number of aromatic nitrogens is 2. The first-order valence-electron chi connectivity index (χ1n) is 9.52. The molecule has 156 valence electrons. The van der Waals surface area contributed by atoms with Crippen LogP contribution in [0.15, 0.2) is 42.7 Å². The molecular weight excluding hydrogens is 396 g/mol. The first-order chi connectivity index (χ1) is 14.6. The second-order valence-corrected chi connectivity index (χ2v) is 7.12. The van der Waals surface area contributed by atoms with Crippen molar-refractivity contribution in [2.45, 2.75) is 24.5 Å². The third-order valence-electron chi connectivity index (χ3n) is 5.27. The maximum absolute atomic E-state index is 14.0. The molecule has 7 nitrogen and oxygen atoms in total. The Kier molecular flexibility index (Phi) is 4.84. The highest BCUT2D eigenvalue weighted by atomic mass is 19.1. The summed E-state index contributed by atoms with van der Waals surface area (Å²) in [5, 5.41) is 3.62. The molecule has 2 fully saturated rings. The van der Waals surface area contributed by atoms with E-state index in [0.29, 0.717) is 33.9 Å². The van der Waals surface area contributed by atoms with Gasteiger partial charge >= 0.3 is 0 Å². The van der Waals surface area contributed by atoms with Gasteiger partial charge in [-0.15, -0.1) is 0 Å². The maximum atomic E-state index is 14.0. The summed E-state index contributed by atoms with van der Waals surface area (Å²) in [4.78, 5) is 8.53. The molecule has 0 spiro atoms. The molecule has 30 heavy (non-hydrogen) atoms. The topological polar surface area (TPSA) is 74.7 Å². The molecule has 1 aromatic heterocycles. The van der Waals surface area contributed by atoms with Crippen molar-refractivity contribution in [1.29, 1.82) is 0 Å². The SMILES string of the molecule is COc1cc2c(Nc3ccccc3F)ncnc2cc1OC1CO[C@H]2C(F)CO[C@@H]12. The van der Waals surface area contributed by atoms with Crippen LogP contribution in [-0.4, -0.2) is 54.8 Å². The summed E-state index contributed by atoms with van der Waals surface area (Å²) in [5.41, 5.74) is 0.871. The van der Waals surface area contributed by atoms with E-state index in [-0.39, 0.29) is 13.2 Å². The summed E-state index contributed by atoms with van der Waals surface area (Å²) in [5.74, 6) is 0.904. The van der Waals surface area contributed by atoms with Gasteiger partial charge in [0.05, 0.1) is 31.5 Å². The zero-order chi connectivity index (χ0) is 20.7. The van der Waals surface area contributed by atoms with Crippen LogP contribution in [0.1, 0.15) is 0 Å². The highest BCUT2D eigenvalue weighted by Gasteiger charge is 2.49. The van der Waals surface area contributed by atoms with Crippen LogP contribution in [0.2, 0.25) is 0 Å². The van der Waals surface area contributed by atoms with E-state index in [4.69, 9.17) is 18.9 Å². The smallest absolute Gasteiger partial charge is 0.164 e. The number of rotatable bonds is 5. The Labute approximate surface area is 170 Å². The van der Waals surface area contributed by atoms with E-state index in [0.717, 1.165) is 0 Å². The van der Waals surface area contributed by atoms with Crippen LogP contribution in [0.5, 0.6) is 11.5 Å². The molecule has 2 unspecified atom stereocenters. The van der Waals surface area contributed by atoms with Gasteiger partial charge in [-0.25, -0.2) is 18.7 Å². The van der Waals surface area contributed by atoms with Crippen LogP contribution in [0.3, 0.4) is 0 Å². The summed E-state index contributed by atoms with van der Waals surface area (Å²) in [6, 6.07) is 9.75. The standard InChI is InChI=1S/C21H19F2N3O4/c1-27-16-6-11-15(24-10-25-21(11)26-14-5-3-2-4-12(14)22)7-17(16)30-18-9-29-19-13(23)8-28-20(18)19/h2-7,10,13,18-20H,8-9H2,1H3,(H,24,25,26)/t13?,18?,19-,20-/m0/s1. The van der Waals surface area contributed by atoms with E-state index in [9.17, 15) is 8.78 Å². The maximum Gasteiger partial charge on any atom is 0.164 e. The first-order valence-corrected chi connectivity index (χ1v) is 9.52. The van der Waals surface area contributed by atoms with Crippen LogP contribution in [-0.2, 0) is 9.47 Å². The number of anilines is 2. The van der Waals surface area contributed by atoms with Crippen molar-refractivity contribution in [3.05, 3.63) is 48.5 Å². The number of hydrogen-bond donors (Lipinski definition) is 1. The van der Waals surface area contributed by atoms with Crippen molar-refractivity contribution in [2.75, 3.05) is 25.6 Å². The van der Waals surface area contributed by atoms with E-state index >= 15 is 0 Å². The molecule has 2 aliphatic heterocycles. The van der Waals surface area contributed by atoms with E-state index < -0.39 is 30.3 Å². The average molecular weight is 415 g/mol. The zero-order valence-corrected chi connectivity index (χ0v) is 16.0. The van der Waals surface area contributed by atoms with Gasteiger partial charge in [0, 0.05) is 11.5 Å². The summed E-state index contributed by atoms with van der Waals surface area (Å²) in [6.45, 7) is 0.225. The minimum absolute atomic E-state index is 0.00233. The Bertz CT molecular complexity index is 1080. The predicted octanol–water partition coefficient (Wildman–Crippen LogP) is 3.40. The van der Waals surface area contributed by atoms with Gasteiger partial charge in [-0.2, -0.15) is 0 Å². The largest absolute Gasteiger partial charge is 0.493 e. The first kappa shape index (κ1) is 19.0. The lowest BCUT2D eigenvalue weighted by molar-refractivity contribution is 0.0271. The lowest BCUT2D eigenvalue weighted by Gasteiger charge is -2.20. The highest BCUT2D eigenvalue weighted by Crippen LogP contribution is 2.38. The van der Waals surface area contributed by atoms with E-state index in [1.54, 1.807) is 30.3 Å². The molecule has 2 saturated heterocycles. The molecule has 0 amide bonds. The van der Waals surface area contributed by atoms with Crippen LogP contribution in [0, 0.1) is 5.82 Å². The molecule has 2 aromatic carbocycles. The number of nitrogens with zero attached hydrogens (tertiary/aromatic N) is 2. The monoisotopic (exact) mass is 415 g/mol. The summed E-state index contributed by atoms with van der Waals surface area (Å²) >= 11 is 0. The number of ether oxygens (including phenoxy) is 4. The number of alkyl halides is 1. The van der Waals surface area contributed by atoms with Gasteiger partial charge in [-0.3, -0.25) is 0 Å². The number of nitrogens with one attached hydrogen (secondary N) is 1. The van der Waals surface area contributed by atoms with Crippen LogP contribution in [0.4, 0.5) is 20.3 Å². The van der Waals surface area contributed by atoms with E-state index in [1.165, 1.54) is 19.5 Å². The number of benzene rings is 2. The number of fused-ring (bicyclic) bond motifs is 2. The van der Waals surface area contributed by atoms with E-state index in [1.807, 2.05) is 0 Å². The summed E-state index contributed by atoms with van der Waals surface area (Å²) in [7, 11) is 1.51. The molecule has 5 rings (SSSR count). The zero-order valence-electron chi connectivity index (χ0n) is 16.0. The second-order valence-electron chi connectivity index (χ2n) is 7.12. The van der Waals surface area contributed by atoms with Crippen molar-refractivity contribution in [3.63, 3.8) is 0 Å². The number of methoxy groups -OCH3 is 1. The Morgan fingerprint density at radius 3 is 2.73 bits per heavy atom. The van der Waals surface area contributed by atoms with Gasteiger partial charge in [0.1, 0.15) is 30.2 Å². The third kappa shape index (κ3) is 3.29. The number of hydrogen-bond acceptors (Lipinski definition) is 7. The summed E-state index contributed by atoms with van der Waals surface area (Å²) in [6.07, 6.45) is -1.31. The molecule has 1 N–H and O–H groups in total. The highest BCUT2D eigenvalue weighted by molar-refractivity contribution is 5.93. The minimum atomic E-state index is -1.15. The van der Waals surface area contributed by atoms with Crippen molar-refractivity contribution >= 4 is 22.4 Å². The lowest BCUT2D eigenvalue weighted by atomic mass is 10.1. The van der Waals surface area contributed by atoms with Crippen molar-refractivity contribution in [2.24, 2.45) is 0 Å². The molecule has 9 heteroatoms. The van der Waals surface area contributed by atoms with Gasteiger partial charge in [0.15, 0.2) is 23.8 Å². The Balaban J connectivity index is 1.47. The number of para-hydroxylation sites is 1. The molecule has 0 radical (unpaired) electrons. The molecule has 0 aliphatic carbocycles. The molecule has 2 aliphatic rings. The van der Waals surface area contributed by atoms with Gasteiger partial charge in [0.25, 0.3) is 0 Å². The number of halogens is 2. The Morgan fingerprint density at radius 1 is 1.07 bits per heavy atom. The molecule has 3 heterocycles. The average Bonchev–Trinajstić information content (AvgIpc) is 3.32. The predicted molar refractivity (Wildman–Crippen MR) is 105 cm³/mol. The molecule has 0 saturated carbocycles. The fraction of sp³-hybridized carbons (Fsp3) is 0.333.